The minimum absolute atomic E-state index is 0.0168. The fraction of sp³-hybridized carbons (Fsp3) is 0.667. The van der Waals surface area contributed by atoms with E-state index in [4.69, 9.17) is 0 Å². The molecule has 2 aliphatic rings. The van der Waals surface area contributed by atoms with Crippen LogP contribution in [-0.4, -0.2) is 43.1 Å². The Morgan fingerprint density at radius 3 is 2.70 bits per heavy atom. The zero-order valence-corrected chi connectivity index (χ0v) is 14.2. The average molecular weight is 316 g/mol. The van der Waals surface area contributed by atoms with Gasteiger partial charge in [0.05, 0.1) is 5.56 Å². The van der Waals surface area contributed by atoms with Gasteiger partial charge < -0.3 is 15.5 Å². The van der Waals surface area contributed by atoms with Gasteiger partial charge in [-0.05, 0) is 49.8 Å². The van der Waals surface area contributed by atoms with Crippen molar-refractivity contribution in [1.82, 2.24) is 15.6 Å². The second-order valence-electron chi connectivity index (χ2n) is 7.12. The highest BCUT2D eigenvalue weighted by Gasteiger charge is 2.23. The number of carbonyl (C=O) groups excluding carboxylic acids is 1. The number of aromatic nitrogens is 1. The smallest absolute Gasteiger partial charge is 0.253 e. The molecule has 2 aliphatic heterocycles. The lowest BCUT2D eigenvalue weighted by Crippen LogP contribution is -2.50. The Balaban J connectivity index is 1.59. The van der Waals surface area contributed by atoms with Gasteiger partial charge in [-0.25, -0.2) is 4.98 Å². The van der Waals surface area contributed by atoms with Gasteiger partial charge in [0.25, 0.3) is 5.91 Å². The molecular formula is C18H28N4O. The average Bonchev–Trinajstić information content (AvgIpc) is 2.58. The normalized spacial score (nSPS) is 26.1. The minimum Gasteiger partial charge on any atom is -0.357 e. The van der Waals surface area contributed by atoms with Crippen LogP contribution < -0.4 is 15.5 Å². The number of rotatable bonds is 3. The van der Waals surface area contributed by atoms with Crippen molar-refractivity contribution in [2.75, 3.05) is 31.1 Å². The summed E-state index contributed by atoms with van der Waals surface area (Å²) in [6.07, 6.45) is 5.26. The number of hydrogen-bond donors (Lipinski definition) is 2. The van der Waals surface area contributed by atoms with Gasteiger partial charge in [-0.1, -0.05) is 13.8 Å². The van der Waals surface area contributed by atoms with Crippen LogP contribution in [0.3, 0.4) is 0 Å². The Kier molecular flexibility index (Phi) is 5.16. The number of piperidine rings is 2. The topological polar surface area (TPSA) is 57.3 Å². The summed E-state index contributed by atoms with van der Waals surface area (Å²) < 4.78 is 0. The molecule has 0 saturated carbocycles. The molecule has 5 nitrogen and oxygen atoms in total. The molecule has 3 rings (SSSR count). The predicted molar refractivity (Wildman–Crippen MR) is 92.8 cm³/mol. The number of hydrogen-bond acceptors (Lipinski definition) is 4. The molecule has 0 radical (unpaired) electrons. The molecule has 1 aromatic heterocycles. The lowest BCUT2D eigenvalue weighted by atomic mass is 9.94. The van der Waals surface area contributed by atoms with Crippen LogP contribution in [0.4, 0.5) is 5.82 Å². The fourth-order valence-corrected chi connectivity index (χ4v) is 3.38. The third-order valence-electron chi connectivity index (χ3n) is 5.26. The summed E-state index contributed by atoms with van der Waals surface area (Å²) in [5.41, 5.74) is 0.650. The molecule has 5 heteroatoms. The molecule has 1 aromatic rings. The second kappa shape index (κ2) is 7.30. The second-order valence-corrected chi connectivity index (χ2v) is 7.12. The van der Waals surface area contributed by atoms with E-state index < -0.39 is 0 Å². The van der Waals surface area contributed by atoms with Crippen LogP contribution in [0.25, 0.3) is 0 Å². The summed E-state index contributed by atoms with van der Waals surface area (Å²) >= 11 is 0. The van der Waals surface area contributed by atoms with Gasteiger partial charge >= 0.3 is 0 Å². The Hall–Kier alpha value is -1.62. The molecule has 23 heavy (non-hydrogen) atoms. The molecule has 0 spiro atoms. The first-order valence-electron chi connectivity index (χ1n) is 8.86. The van der Waals surface area contributed by atoms with Gasteiger partial charge in [-0.15, -0.1) is 0 Å². The molecule has 2 atom stereocenters. The summed E-state index contributed by atoms with van der Waals surface area (Å²) in [6.45, 7) is 8.52. The van der Waals surface area contributed by atoms with E-state index in [1.807, 2.05) is 12.1 Å². The first-order valence-corrected chi connectivity index (χ1v) is 8.86. The number of anilines is 1. The third kappa shape index (κ3) is 4.02. The molecule has 0 bridgehead atoms. The standard InChI is InChI=1S/C18H28N4O/c1-13-6-9-22(10-7-13)17-4-3-15(11-20-17)18(23)21-16-12-19-8-5-14(16)2/h3-4,11,13-14,16,19H,5-10,12H2,1-2H3,(H,21,23). The van der Waals surface area contributed by atoms with Crippen molar-refractivity contribution in [1.29, 1.82) is 0 Å². The van der Waals surface area contributed by atoms with E-state index in [1.165, 1.54) is 12.8 Å². The van der Waals surface area contributed by atoms with Gasteiger partial charge in [0, 0.05) is 31.9 Å². The lowest BCUT2D eigenvalue weighted by Gasteiger charge is -2.31. The van der Waals surface area contributed by atoms with Crippen LogP contribution in [0.15, 0.2) is 18.3 Å². The van der Waals surface area contributed by atoms with Gasteiger partial charge in [-0.2, -0.15) is 0 Å². The van der Waals surface area contributed by atoms with Crippen molar-refractivity contribution in [3.63, 3.8) is 0 Å². The number of carbonyl (C=O) groups is 1. The maximum atomic E-state index is 12.4. The largest absolute Gasteiger partial charge is 0.357 e. The molecule has 0 aliphatic carbocycles. The van der Waals surface area contributed by atoms with Crippen LogP contribution in [0.5, 0.6) is 0 Å². The fourth-order valence-electron chi connectivity index (χ4n) is 3.38. The predicted octanol–water partition coefficient (Wildman–Crippen LogP) is 2.05. The first kappa shape index (κ1) is 16.2. The van der Waals surface area contributed by atoms with Crippen LogP contribution >= 0.6 is 0 Å². The van der Waals surface area contributed by atoms with Crippen LogP contribution in [-0.2, 0) is 0 Å². The molecule has 1 amide bonds. The SMILES string of the molecule is CC1CCN(c2ccc(C(=O)NC3CNCCC3C)cn2)CC1. The maximum absolute atomic E-state index is 12.4. The van der Waals surface area contributed by atoms with Crippen molar-refractivity contribution in [3.8, 4) is 0 Å². The first-order chi connectivity index (χ1) is 11.1. The highest BCUT2D eigenvalue weighted by Crippen LogP contribution is 2.21. The van der Waals surface area contributed by atoms with Gasteiger partial charge in [0.15, 0.2) is 0 Å². The van der Waals surface area contributed by atoms with E-state index in [0.717, 1.165) is 44.3 Å². The number of nitrogens with zero attached hydrogens (tertiary/aromatic N) is 2. The van der Waals surface area contributed by atoms with Crippen molar-refractivity contribution < 1.29 is 4.79 Å². The Morgan fingerprint density at radius 1 is 1.26 bits per heavy atom. The zero-order valence-electron chi connectivity index (χ0n) is 14.2. The van der Waals surface area contributed by atoms with Crippen LogP contribution in [0.1, 0.15) is 43.5 Å². The molecule has 3 heterocycles. The zero-order chi connectivity index (χ0) is 16.2. The van der Waals surface area contributed by atoms with E-state index >= 15 is 0 Å². The van der Waals surface area contributed by atoms with Crippen molar-refractivity contribution in [2.24, 2.45) is 11.8 Å². The maximum Gasteiger partial charge on any atom is 0.253 e. The number of nitrogens with one attached hydrogen (secondary N) is 2. The summed E-state index contributed by atoms with van der Waals surface area (Å²) in [7, 11) is 0. The third-order valence-corrected chi connectivity index (χ3v) is 5.26. The molecule has 2 unspecified atom stereocenters. The van der Waals surface area contributed by atoms with Gasteiger partial charge in [-0.3, -0.25) is 4.79 Å². The molecule has 126 valence electrons. The lowest BCUT2D eigenvalue weighted by molar-refractivity contribution is 0.0915. The van der Waals surface area contributed by atoms with E-state index in [-0.39, 0.29) is 11.9 Å². The highest BCUT2D eigenvalue weighted by molar-refractivity contribution is 5.94. The van der Waals surface area contributed by atoms with E-state index in [2.05, 4.69) is 34.4 Å². The van der Waals surface area contributed by atoms with Crippen LogP contribution in [0.2, 0.25) is 0 Å². The Morgan fingerprint density at radius 2 is 2.04 bits per heavy atom. The monoisotopic (exact) mass is 316 g/mol. The van der Waals surface area contributed by atoms with Crippen molar-refractivity contribution in [3.05, 3.63) is 23.9 Å². The Labute approximate surface area is 138 Å². The van der Waals surface area contributed by atoms with Crippen LogP contribution in [0, 0.1) is 11.8 Å². The summed E-state index contributed by atoms with van der Waals surface area (Å²) in [5, 5.41) is 6.48. The highest BCUT2D eigenvalue weighted by atomic mass is 16.1. The molecule has 2 saturated heterocycles. The number of amides is 1. The summed E-state index contributed by atoms with van der Waals surface area (Å²) in [5.74, 6) is 2.29. The van der Waals surface area contributed by atoms with Gasteiger partial charge in [0.2, 0.25) is 0 Å². The van der Waals surface area contributed by atoms with Gasteiger partial charge in [0.1, 0.15) is 5.82 Å². The Bertz CT molecular complexity index is 522. The van der Waals surface area contributed by atoms with Crippen molar-refractivity contribution >= 4 is 11.7 Å². The van der Waals surface area contributed by atoms with E-state index in [0.29, 0.717) is 11.5 Å². The van der Waals surface area contributed by atoms with E-state index in [1.54, 1.807) is 6.20 Å². The molecular weight excluding hydrogens is 288 g/mol. The summed E-state index contributed by atoms with van der Waals surface area (Å²) in [4.78, 5) is 19.2. The molecule has 2 N–H and O–H groups in total. The van der Waals surface area contributed by atoms with E-state index in [9.17, 15) is 4.79 Å². The summed E-state index contributed by atoms with van der Waals surface area (Å²) in [6, 6.07) is 4.09. The quantitative estimate of drug-likeness (QED) is 0.896. The molecule has 0 aromatic carbocycles. The van der Waals surface area contributed by atoms with Crippen molar-refractivity contribution in [2.45, 2.75) is 39.2 Å². The minimum atomic E-state index is -0.0168. The molecule has 2 fully saturated rings. The number of pyridine rings is 1.